The SMILES string of the molecule is O=C(c1ccccc1F)N(Cc1ccccc1)C[C@@H]1CC(c2ccc(Cl)o2)=NO1. The van der Waals surface area contributed by atoms with Crippen LogP contribution in [-0.2, 0) is 11.4 Å². The van der Waals surface area contributed by atoms with Crippen molar-refractivity contribution in [1.82, 2.24) is 4.90 Å². The van der Waals surface area contributed by atoms with Gasteiger partial charge in [0.1, 0.15) is 11.5 Å². The topological polar surface area (TPSA) is 55.0 Å². The zero-order chi connectivity index (χ0) is 20.2. The molecule has 0 saturated heterocycles. The monoisotopic (exact) mass is 412 g/mol. The molecule has 0 unspecified atom stereocenters. The van der Waals surface area contributed by atoms with E-state index in [9.17, 15) is 9.18 Å². The van der Waals surface area contributed by atoms with Gasteiger partial charge in [-0.05, 0) is 41.4 Å². The molecule has 2 heterocycles. The lowest BCUT2D eigenvalue weighted by Gasteiger charge is -2.25. The van der Waals surface area contributed by atoms with Crippen LogP contribution in [0.2, 0.25) is 5.22 Å². The quantitative estimate of drug-likeness (QED) is 0.578. The van der Waals surface area contributed by atoms with Crippen LogP contribution >= 0.6 is 11.6 Å². The maximum absolute atomic E-state index is 14.2. The van der Waals surface area contributed by atoms with Crippen LogP contribution < -0.4 is 0 Å². The molecule has 1 amide bonds. The second-order valence-electron chi connectivity index (χ2n) is 6.72. The number of carbonyl (C=O) groups is 1. The first-order valence-corrected chi connectivity index (χ1v) is 9.54. The third-order valence-electron chi connectivity index (χ3n) is 4.62. The zero-order valence-electron chi connectivity index (χ0n) is 15.4. The van der Waals surface area contributed by atoms with E-state index in [0.29, 0.717) is 24.4 Å². The van der Waals surface area contributed by atoms with Crippen molar-refractivity contribution in [2.24, 2.45) is 5.16 Å². The van der Waals surface area contributed by atoms with Crippen molar-refractivity contribution < 1.29 is 18.4 Å². The highest BCUT2D eigenvalue weighted by Gasteiger charge is 2.29. The average molecular weight is 413 g/mol. The Morgan fingerprint density at radius 2 is 1.86 bits per heavy atom. The molecule has 0 bridgehead atoms. The highest BCUT2D eigenvalue weighted by atomic mass is 35.5. The summed E-state index contributed by atoms with van der Waals surface area (Å²) in [6.45, 7) is 0.583. The molecule has 4 rings (SSSR count). The van der Waals surface area contributed by atoms with Crippen LogP contribution in [0.3, 0.4) is 0 Å². The molecule has 5 nitrogen and oxygen atoms in total. The van der Waals surface area contributed by atoms with Crippen LogP contribution in [-0.4, -0.2) is 29.2 Å². The summed E-state index contributed by atoms with van der Waals surface area (Å²) >= 11 is 5.82. The summed E-state index contributed by atoms with van der Waals surface area (Å²) in [5.41, 5.74) is 1.59. The zero-order valence-corrected chi connectivity index (χ0v) is 16.2. The van der Waals surface area contributed by atoms with Crippen molar-refractivity contribution in [3.05, 3.63) is 94.7 Å². The maximum Gasteiger partial charge on any atom is 0.257 e. The Balaban J connectivity index is 1.51. The van der Waals surface area contributed by atoms with Crippen molar-refractivity contribution in [3.63, 3.8) is 0 Å². The molecule has 1 aliphatic rings. The van der Waals surface area contributed by atoms with E-state index in [1.54, 1.807) is 29.2 Å². The van der Waals surface area contributed by atoms with Crippen molar-refractivity contribution >= 4 is 23.2 Å². The number of hydrogen-bond acceptors (Lipinski definition) is 4. The number of amides is 1. The first-order valence-electron chi connectivity index (χ1n) is 9.16. The molecule has 0 aliphatic carbocycles. The van der Waals surface area contributed by atoms with Crippen molar-refractivity contribution in [3.8, 4) is 0 Å². The highest BCUT2D eigenvalue weighted by Crippen LogP contribution is 2.23. The van der Waals surface area contributed by atoms with Gasteiger partial charge in [-0.3, -0.25) is 4.79 Å². The molecule has 29 heavy (non-hydrogen) atoms. The highest BCUT2D eigenvalue weighted by molar-refractivity contribution is 6.29. The first-order chi connectivity index (χ1) is 14.1. The third-order valence-corrected chi connectivity index (χ3v) is 4.83. The predicted molar refractivity (Wildman–Crippen MR) is 107 cm³/mol. The van der Waals surface area contributed by atoms with Gasteiger partial charge in [-0.25, -0.2) is 4.39 Å². The summed E-state index contributed by atoms with van der Waals surface area (Å²) in [7, 11) is 0. The van der Waals surface area contributed by atoms with Gasteiger partial charge in [0, 0.05) is 13.0 Å². The van der Waals surface area contributed by atoms with E-state index >= 15 is 0 Å². The minimum absolute atomic E-state index is 0.0281. The van der Waals surface area contributed by atoms with Crippen LogP contribution in [0.5, 0.6) is 0 Å². The van der Waals surface area contributed by atoms with Gasteiger partial charge in [-0.15, -0.1) is 0 Å². The molecule has 1 atom stereocenters. The summed E-state index contributed by atoms with van der Waals surface area (Å²) in [4.78, 5) is 20.2. The van der Waals surface area contributed by atoms with Crippen molar-refractivity contribution in [2.75, 3.05) is 6.54 Å². The Morgan fingerprint density at radius 3 is 2.59 bits per heavy atom. The molecule has 148 valence electrons. The molecule has 0 radical (unpaired) electrons. The molecular formula is C22H18ClFN2O3. The lowest BCUT2D eigenvalue weighted by molar-refractivity contribution is 0.0402. The Morgan fingerprint density at radius 1 is 1.10 bits per heavy atom. The van der Waals surface area contributed by atoms with Crippen LogP contribution in [0, 0.1) is 5.82 Å². The fourth-order valence-corrected chi connectivity index (χ4v) is 3.36. The largest absolute Gasteiger partial charge is 0.443 e. The van der Waals surface area contributed by atoms with Crippen molar-refractivity contribution in [2.45, 2.75) is 19.1 Å². The standard InChI is InChI=1S/C22H18ClFN2O3/c23-21-11-10-20(28-21)19-12-16(29-25-19)14-26(13-15-6-2-1-3-7-15)22(27)17-8-4-5-9-18(17)24/h1-11,16H,12-14H2/t16-/m0/s1. The Bertz CT molecular complexity index is 1040. The van der Waals surface area contributed by atoms with E-state index in [1.165, 1.54) is 12.1 Å². The fourth-order valence-electron chi connectivity index (χ4n) is 3.22. The van der Waals surface area contributed by atoms with Gasteiger partial charge in [-0.1, -0.05) is 47.6 Å². The number of oxime groups is 1. The van der Waals surface area contributed by atoms with Gasteiger partial charge < -0.3 is 14.2 Å². The van der Waals surface area contributed by atoms with Gasteiger partial charge in [0.25, 0.3) is 5.91 Å². The van der Waals surface area contributed by atoms with Crippen LogP contribution in [0.15, 0.2) is 76.3 Å². The summed E-state index contributed by atoms with van der Waals surface area (Å²) in [6.07, 6.45) is 0.0907. The van der Waals surface area contributed by atoms with Gasteiger partial charge in [0.15, 0.2) is 17.1 Å². The molecule has 1 aromatic heterocycles. The normalized spacial score (nSPS) is 15.7. The lowest BCUT2D eigenvalue weighted by Crippen LogP contribution is -2.37. The summed E-state index contributed by atoms with van der Waals surface area (Å²) in [6, 6.07) is 18.9. The lowest BCUT2D eigenvalue weighted by atomic mass is 10.1. The number of nitrogens with zero attached hydrogens (tertiary/aromatic N) is 2. The second-order valence-corrected chi connectivity index (χ2v) is 7.10. The number of carbonyl (C=O) groups excluding carboxylic acids is 1. The summed E-state index contributed by atoms with van der Waals surface area (Å²) in [5.74, 6) is -0.414. The number of benzene rings is 2. The fraction of sp³-hybridized carbons (Fsp3) is 0.182. The van der Waals surface area contributed by atoms with Crippen LogP contribution in [0.25, 0.3) is 0 Å². The maximum atomic E-state index is 14.2. The Labute approximate surface area is 172 Å². The van der Waals surface area contributed by atoms with Crippen LogP contribution in [0.1, 0.15) is 28.1 Å². The number of halogens is 2. The van der Waals surface area contributed by atoms with Gasteiger partial charge >= 0.3 is 0 Å². The van der Waals surface area contributed by atoms with E-state index in [4.69, 9.17) is 20.9 Å². The van der Waals surface area contributed by atoms with E-state index in [1.807, 2.05) is 30.3 Å². The summed E-state index contributed by atoms with van der Waals surface area (Å²) < 4.78 is 19.6. The predicted octanol–water partition coefficient (Wildman–Crippen LogP) is 4.91. The second kappa shape index (κ2) is 8.49. The van der Waals surface area contributed by atoms with E-state index in [2.05, 4.69) is 5.16 Å². The molecular weight excluding hydrogens is 395 g/mol. The smallest absolute Gasteiger partial charge is 0.257 e. The average Bonchev–Trinajstić information content (AvgIpc) is 3.37. The van der Waals surface area contributed by atoms with Gasteiger partial charge in [0.05, 0.1) is 12.1 Å². The first kappa shape index (κ1) is 19.2. The molecule has 7 heteroatoms. The molecule has 0 saturated carbocycles. The Kier molecular flexibility index (Phi) is 5.62. The number of hydrogen-bond donors (Lipinski definition) is 0. The molecule has 0 spiro atoms. The van der Waals surface area contributed by atoms with E-state index < -0.39 is 11.7 Å². The van der Waals surface area contributed by atoms with E-state index in [0.717, 1.165) is 5.56 Å². The molecule has 1 aliphatic heterocycles. The number of furan rings is 1. The molecule has 2 aromatic carbocycles. The number of rotatable bonds is 6. The minimum Gasteiger partial charge on any atom is -0.443 e. The molecule has 0 fully saturated rings. The molecule has 0 N–H and O–H groups in total. The van der Waals surface area contributed by atoms with E-state index in [-0.39, 0.29) is 23.4 Å². The minimum atomic E-state index is -0.551. The van der Waals surface area contributed by atoms with Gasteiger partial charge in [-0.2, -0.15) is 0 Å². The van der Waals surface area contributed by atoms with Crippen LogP contribution in [0.4, 0.5) is 4.39 Å². The van der Waals surface area contributed by atoms with Crippen molar-refractivity contribution in [1.29, 1.82) is 0 Å². The Hall–Kier alpha value is -3.12. The third kappa shape index (κ3) is 4.49. The van der Waals surface area contributed by atoms with Gasteiger partial charge in [0.2, 0.25) is 0 Å². The molecule has 3 aromatic rings. The summed E-state index contributed by atoms with van der Waals surface area (Å²) in [5, 5.41) is 4.33.